The quantitative estimate of drug-likeness (QED) is 0.787. The molecule has 2 rings (SSSR count). The molecule has 0 amide bonds. The van der Waals surface area contributed by atoms with Crippen LogP contribution in [0.25, 0.3) is 0 Å². The molecule has 2 N–H and O–H groups in total. The summed E-state index contributed by atoms with van der Waals surface area (Å²) in [5, 5.41) is 13.1. The van der Waals surface area contributed by atoms with Crippen molar-refractivity contribution in [1.82, 2.24) is 0 Å². The van der Waals surface area contributed by atoms with Crippen LogP contribution < -0.4 is 5.32 Å². The van der Waals surface area contributed by atoms with Gasteiger partial charge in [0.1, 0.15) is 0 Å². The van der Waals surface area contributed by atoms with Crippen molar-refractivity contribution in [3.8, 4) is 0 Å². The van der Waals surface area contributed by atoms with Gasteiger partial charge < -0.3 is 10.4 Å². The lowest BCUT2D eigenvalue weighted by Gasteiger charge is -2.14. The molecule has 0 saturated heterocycles. The van der Waals surface area contributed by atoms with Crippen LogP contribution in [0.4, 0.5) is 5.69 Å². The van der Waals surface area contributed by atoms with Gasteiger partial charge in [0.2, 0.25) is 0 Å². The van der Waals surface area contributed by atoms with E-state index in [1.165, 1.54) is 5.56 Å². The third-order valence-corrected chi connectivity index (χ3v) is 4.76. The summed E-state index contributed by atoms with van der Waals surface area (Å²) in [6.45, 7) is 2.49. The molecule has 2 aromatic carbocycles. The van der Waals surface area contributed by atoms with Gasteiger partial charge in [-0.1, -0.05) is 24.3 Å². The predicted octanol–water partition coefficient (Wildman–Crippen LogP) is 4.88. The second-order valence-electron chi connectivity index (χ2n) is 4.37. The van der Waals surface area contributed by atoms with Crippen LogP contribution >= 0.6 is 31.9 Å². The summed E-state index contributed by atoms with van der Waals surface area (Å²) in [6.07, 6.45) is -0.472. The van der Waals surface area contributed by atoms with Crippen LogP contribution in [-0.2, 0) is 6.54 Å². The molecule has 0 saturated carbocycles. The molecule has 2 nitrogen and oxygen atoms in total. The summed E-state index contributed by atoms with van der Waals surface area (Å²) in [6, 6.07) is 14.0. The summed E-state index contributed by atoms with van der Waals surface area (Å²) in [4.78, 5) is 0. The van der Waals surface area contributed by atoms with Crippen molar-refractivity contribution in [2.75, 3.05) is 5.32 Å². The highest BCUT2D eigenvalue weighted by atomic mass is 79.9. The Balaban J connectivity index is 2.12. The number of rotatable bonds is 4. The molecule has 0 aromatic heterocycles. The third kappa shape index (κ3) is 3.81. The van der Waals surface area contributed by atoms with Gasteiger partial charge in [0.25, 0.3) is 0 Å². The van der Waals surface area contributed by atoms with Crippen molar-refractivity contribution in [1.29, 1.82) is 0 Å². The smallest absolute Gasteiger partial charge is 0.0781 e. The van der Waals surface area contributed by atoms with E-state index in [1.54, 1.807) is 6.92 Å². The van der Waals surface area contributed by atoms with Crippen molar-refractivity contribution in [3.63, 3.8) is 0 Å². The zero-order valence-electron chi connectivity index (χ0n) is 10.5. The van der Waals surface area contributed by atoms with E-state index in [-0.39, 0.29) is 0 Å². The number of hydrogen-bond donors (Lipinski definition) is 2. The van der Waals surface area contributed by atoms with E-state index in [0.717, 1.165) is 26.7 Å². The van der Waals surface area contributed by atoms with Crippen molar-refractivity contribution >= 4 is 37.5 Å². The predicted molar refractivity (Wildman–Crippen MR) is 86.2 cm³/mol. The first-order valence-corrected chi connectivity index (χ1v) is 7.61. The highest BCUT2D eigenvalue weighted by Gasteiger charge is 2.06. The van der Waals surface area contributed by atoms with Crippen LogP contribution in [-0.4, -0.2) is 5.11 Å². The Bertz CT molecular complexity index is 570. The van der Waals surface area contributed by atoms with E-state index in [2.05, 4.69) is 49.3 Å². The average Bonchev–Trinajstić information content (AvgIpc) is 2.40. The Hall–Kier alpha value is -0.840. The van der Waals surface area contributed by atoms with Gasteiger partial charge in [-0.15, -0.1) is 0 Å². The molecule has 0 aliphatic carbocycles. The van der Waals surface area contributed by atoms with Crippen molar-refractivity contribution in [3.05, 3.63) is 62.5 Å². The largest absolute Gasteiger partial charge is 0.389 e. The maximum Gasteiger partial charge on any atom is 0.0781 e. The molecule has 0 aliphatic rings. The molecule has 0 heterocycles. The number of halogens is 2. The fourth-order valence-corrected chi connectivity index (χ4v) is 2.54. The first-order chi connectivity index (χ1) is 9.08. The number of para-hydroxylation sites is 1. The first kappa shape index (κ1) is 14.6. The van der Waals surface area contributed by atoms with Gasteiger partial charge in [-0.3, -0.25) is 0 Å². The van der Waals surface area contributed by atoms with E-state index >= 15 is 0 Å². The van der Waals surface area contributed by atoms with Crippen molar-refractivity contribution < 1.29 is 5.11 Å². The lowest BCUT2D eigenvalue weighted by atomic mass is 10.1. The molecule has 1 atom stereocenters. The first-order valence-electron chi connectivity index (χ1n) is 6.02. The average molecular weight is 385 g/mol. The monoisotopic (exact) mass is 383 g/mol. The highest BCUT2D eigenvalue weighted by molar-refractivity contribution is 9.13. The van der Waals surface area contributed by atoms with E-state index in [9.17, 15) is 5.11 Å². The third-order valence-electron chi connectivity index (χ3n) is 2.88. The Morgan fingerprint density at radius 1 is 1.11 bits per heavy atom. The standard InChI is InChI=1S/C15H15Br2NO/c1-10(19)12-4-2-3-5-15(12)18-9-11-6-7-13(16)14(17)8-11/h2-8,10,18-19H,9H2,1H3. The topological polar surface area (TPSA) is 32.3 Å². The van der Waals surface area contributed by atoms with Gasteiger partial charge in [-0.25, -0.2) is 0 Å². The number of nitrogens with one attached hydrogen (secondary N) is 1. The summed E-state index contributed by atoms with van der Waals surface area (Å²) in [5.74, 6) is 0. The molecular weight excluding hydrogens is 370 g/mol. The van der Waals surface area contributed by atoms with E-state index in [0.29, 0.717) is 0 Å². The molecule has 0 bridgehead atoms. The zero-order chi connectivity index (χ0) is 13.8. The van der Waals surface area contributed by atoms with Crippen LogP contribution in [0.3, 0.4) is 0 Å². The van der Waals surface area contributed by atoms with Crippen LogP contribution in [0.15, 0.2) is 51.4 Å². The molecule has 0 fully saturated rings. The molecule has 100 valence electrons. The van der Waals surface area contributed by atoms with Crippen molar-refractivity contribution in [2.45, 2.75) is 19.6 Å². The summed E-state index contributed by atoms with van der Waals surface area (Å²) < 4.78 is 2.08. The summed E-state index contributed by atoms with van der Waals surface area (Å²) in [5.41, 5.74) is 3.06. The fourth-order valence-electron chi connectivity index (χ4n) is 1.87. The molecule has 4 heteroatoms. The van der Waals surface area contributed by atoms with Gasteiger partial charge in [0.15, 0.2) is 0 Å². The Morgan fingerprint density at radius 2 is 1.84 bits per heavy atom. The minimum atomic E-state index is -0.472. The van der Waals surface area contributed by atoms with Gasteiger partial charge in [-0.05, 0) is 62.5 Å². The lowest BCUT2D eigenvalue weighted by Crippen LogP contribution is -2.04. The van der Waals surface area contributed by atoms with E-state index in [4.69, 9.17) is 0 Å². The lowest BCUT2D eigenvalue weighted by molar-refractivity contribution is 0.200. The molecule has 0 radical (unpaired) electrons. The van der Waals surface area contributed by atoms with Crippen LogP contribution in [0, 0.1) is 0 Å². The Labute approximate surface area is 130 Å². The number of aliphatic hydroxyl groups is 1. The van der Waals surface area contributed by atoms with Gasteiger partial charge >= 0.3 is 0 Å². The second-order valence-corrected chi connectivity index (χ2v) is 6.07. The fraction of sp³-hybridized carbons (Fsp3) is 0.200. The number of aliphatic hydroxyl groups excluding tert-OH is 1. The second kappa shape index (κ2) is 6.55. The van der Waals surface area contributed by atoms with Gasteiger partial charge in [-0.2, -0.15) is 0 Å². The van der Waals surface area contributed by atoms with Crippen molar-refractivity contribution in [2.24, 2.45) is 0 Å². The molecule has 19 heavy (non-hydrogen) atoms. The van der Waals surface area contributed by atoms with Gasteiger partial charge in [0.05, 0.1) is 6.10 Å². The molecule has 2 aromatic rings. The highest BCUT2D eigenvalue weighted by Crippen LogP contribution is 2.26. The maximum absolute atomic E-state index is 9.73. The van der Waals surface area contributed by atoms with E-state index < -0.39 is 6.10 Å². The SMILES string of the molecule is CC(O)c1ccccc1NCc1ccc(Br)c(Br)c1. The number of hydrogen-bond acceptors (Lipinski definition) is 2. The minimum Gasteiger partial charge on any atom is -0.389 e. The maximum atomic E-state index is 9.73. The number of benzene rings is 2. The van der Waals surface area contributed by atoms with E-state index in [1.807, 2.05) is 30.3 Å². The summed E-state index contributed by atoms with van der Waals surface area (Å²) >= 11 is 6.95. The van der Waals surface area contributed by atoms with Crippen LogP contribution in [0.5, 0.6) is 0 Å². The normalized spacial score (nSPS) is 12.2. The zero-order valence-corrected chi connectivity index (χ0v) is 13.7. The minimum absolute atomic E-state index is 0.472. The number of anilines is 1. The molecule has 0 aliphatic heterocycles. The van der Waals surface area contributed by atoms with Gasteiger partial charge in [0, 0.05) is 26.7 Å². The Morgan fingerprint density at radius 3 is 2.53 bits per heavy atom. The molecule has 1 unspecified atom stereocenters. The molecular formula is C15H15Br2NO. The van der Waals surface area contributed by atoms with Crippen LogP contribution in [0.1, 0.15) is 24.2 Å². The Kier molecular flexibility index (Phi) is 5.02. The summed E-state index contributed by atoms with van der Waals surface area (Å²) in [7, 11) is 0. The molecule has 0 spiro atoms. The van der Waals surface area contributed by atoms with Crippen LogP contribution in [0.2, 0.25) is 0 Å².